The second kappa shape index (κ2) is 12.4. The van der Waals surface area contributed by atoms with Crippen LogP contribution in [0, 0.1) is 5.92 Å². The van der Waals surface area contributed by atoms with Gasteiger partial charge in [0.1, 0.15) is 11.5 Å². The fourth-order valence-electron chi connectivity index (χ4n) is 4.41. The standard InChI is InChI=1S/C31H35N3O4/c1-21(2)17-27(34(3)20-22-9-7-6-8-10-22)31(35)33-23-11-13-24(14-12-23)38-28-15-16-32-26-19-30(37-5)29(36-4)18-25(26)28/h6-16,18-19,21,27H,17,20H2,1-5H3,(H,33,35). The van der Waals surface area contributed by atoms with Gasteiger partial charge in [-0.15, -0.1) is 0 Å². The lowest BCUT2D eigenvalue weighted by atomic mass is 10.0. The molecule has 0 saturated heterocycles. The van der Waals surface area contributed by atoms with E-state index in [4.69, 9.17) is 14.2 Å². The molecule has 4 rings (SSSR count). The number of likely N-dealkylation sites (N-methyl/N-ethyl adjacent to an activating group) is 1. The van der Waals surface area contributed by atoms with Crippen molar-refractivity contribution >= 4 is 22.5 Å². The molecule has 1 heterocycles. The monoisotopic (exact) mass is 513 g/mol. The van der Waals surface area contributed by atoms with Gasteiger partial charge in [0.15, 0.2) is 11.5 Å². The number of carbonyl (C=O) groups is 1. The molecule has 38 heavy (non-hydrogen) atoms. The van der Waals surface area contributed by atoms with Gasteiger partial charge in [0.25, 0.3) is 0 Å². The molecule has 1 aromatic heterocycles. The summed E-state index contributed by atoms with van der Waals surface area (Å²) in [4.78, 5) is 19.8. The molecule has 1 atom stereocenters. The Kier molecular flexibility index (Phi) is 8.81. The first-order valence-electron chi connectivity index (χ1n) is 12.7. The zero-order chi connectivity index (χ0) is 27.1. The Morgan fingerprint density at radius 2 is 1.61 bits per heavy atom. The van der Waals surface area contributed by atoms with Crippen LogP contribution in [0.5, 0.6) is 23.0 Å². The van der Waals surface area contributed by atoms with Crippen LogP contribution in [0.2, 0.25) is 0 Å². The van der Waals surface area contributed by atoms with Gasteiger partial charge >= 0.3 is 0 Å². The third-order valence-electron chi connectivity index (χ3n) is 6.36. The summed E-state index contributed by atoms with van der Waals surface area (Å²) >= 11 is 0. The SMILES string of the molecule is COc1cc2nccc(Oc3ccc(NC(=O)C(CC(C)C)N(C)Cc4ccccc4)cc3)c2cc1OC. The number of hydrogen-bond donors (Lipinski definition) is 1. The molecule has 7 nitrogen and oxygen atoms in total. The molecule has 0 bridgehead atoms. The number of benzene rings is 3. The van der Waals surface area contributed by atoms with Crippen molar-refractivity contribution in [3.05, 3.63) is 84.6 Å². The molecule has 0 aliphatic carbocycles. The van der Waals surface area contributed by atoms with Crippen LogP contribution in [0.25, 0.3) is 10.9 Å². The van der Waals surface area contributed by atoms with E-state index in [1.807, 2.05) is 67.7 Å². The second-order valence-corrected chi connectivity index (χ2v) is 9.70. The minimum absolute atomic E-state index is 0.0213. The van der Waals surface area contributed by atoms with E-state index in [0.29, 0.717) is 35.5 Å². The highest BCUT2D eigenvalue weighted by Crippen LogP contribution is 2.37. The molecule has 1 amide bonds. The number of rotatable bonds is 11. The van der Waals surface area contributed by atoms with Crippen LogP contribution in [-0.2, 0) is 11.3 Å². The minimum atomic E-state index is -0.249. The normalized spacial score (nSPS) is 12.0. The number of ether oxygens (including phenoxy) is 3. The summed E-state index contributed by atoms with van der Waals surface area (Å²) in [6, 6.07) is 22.8. The number of methoxy groups -OCH3 is 2. The van der Waals surface area contributed by atoms with Gasteiger partial charge in [-0.3, -0.25) is 14.7 Å². The molecule has 198 valence electrons. The Bertz CT molecular complexity index is 1360. The Labute approximate surface area is 224 Å². The maximum Gasteiger partial charge on any atom is 0.241 e. The van der Waals surface area contributed by atoms with Crippen molar-refractivity contribution in [1.29, 1.82) is 0 Å². The fraction of sp³-hybridized carbons (Fsp3) is 0.290. The van der Waals surface area contributed by atoms with E-state index >= 15 is 0 Å². The quantitative estimate of drug-likeness (QED) is 0.246. The van der Waals surface area contributed by atoms with E-state index in [0.717, 1.165) is 23.0 Å². The second-order valence-electron chi connectivity index (χ2n) is 9.70. The molecule has 0 radical (unpaired) electrons. The number of fused-ring (bicyclic) bond motifs is 1. The summed E-state index contributed by atoms with van der Waals surface area (Å²) in [5.74, 6) is 2.86. The molecule has 4 aromatic rings. The van der Waals surface area contributed by atoms with Crippen LogP contribution in [0.3, 0.4) is 0 Å². The maximum atomic E-state index is 13.3. The zero-order valence-corrected chi connectivity index (χ0v) is 22.6. The molecule has 0 fully saturated rings. The third-order valence-corrected chi connectivity index (χ3v) is 6.36. The Hall–Kier alpha value is -4.10. The number of hydrogen-bond acceptors (Lipinski definition) is 6. The first kappa shape index (κ1) is 26.9. The van der Waals surface area contributed by atoms with Gasteiger partial charge in [0, 0.05) is 29.9 Å². The van der Waals surface area contributed by atoms with Crippen molar-refractivity contribution in [3.8, 4) is 23.0 Å². The molecule has 7 heteroatoms. The van der Waals surface area contributed by atoms with E-state index in [9.17, 15) is 4.79 Å². The van der Waals surface area contributed by atoms with Gasteiger partial charge < -0.3 is 19.5 Å². The van der Waals surface area contributed by atoms with E-state index in [1.54, 1.807) is 20.4 Å². The third kappa shape index (κ3) is 6.61. The van der Waals surface area contributed by atoms with E-state index in [2.05, 4.69) is 41.2 Å². The number of pyridine rings is 1. The van der Waals surface area contributed by atoms with Crippen molar-refractivity contribution in [3.63, 3.8) is 0 Å². The first-order chi connectivity index (χ1) is 18.4. The Morgan fingerprint density at radius 3 is 2.26 bits per heavy atom. The summed E-state index contributed by atoms with van der Waals surface area (Å²) in [5, 5.41) is 3.89. The van der Waals surface area contributed by atoms with Gasteiger partial charge in [-0.2, -0.15) is 0 Å². The van der Waals surface area contributed by atoms with E-state index in [1.165, 1.54) is 5.56 Å². The minimum Gasteiger partial charge on any atom is -0.493 e. The van der Waals surface area contributed by atoms with Crippen molar-refractivity contribution in [2.75, 3.05) is 26.6 Å². The molecular formula is C31H35N3O4. The van der Waals surface area contributed by atoms with Gasteiger partial charge in [0.05, 0.1) is 25.8 Å². The number of anilines is 1. The zero-order valence-electron chi connectivity index (χ0n) is 22.6. The predicted octanol–water partition coefficient (Wildman–Crippen LogP) is 6.53. The average molecular weight is 514 g/mol. The highest BCUT2D eigenvalue weighted by Gasteiger charge is 2.24. The predicted molar refractivity (Wildman–Crippen MR) is 151 cm³/mol. The van der Waals surface area contributed by atoms with E-state index < -0.39 is 0 Å². The van der Waals surface area contributed by atoms with Crippen LogP contribution in [0.1, 0.15) is 25.8 Å². The summed E-state index contributed by atoms with van der Waals surface area (Å²) in [7, 11) is 5.19. The summed E-state index contributed by atoms with van der Waals surface area (Å²) in [6.45, 7) is 4.98. The number of amides is 1. The molecule has 1 unspecified atom stereocenters. The highest BCUT2D eigenvalue weighted by molar-refractivity contribution is 5.95. The molecular weight excluding hydrogens is 478 g/mol. The van der Waals surface area contributed by atoms with Crippen LogP contribution >= 0.6 is 0 Å². The molecule has 1 N–H and O–H groups in total. The Morgan fingerprint density at radius 1 is 0.921 bits per heavy atom. The molecule has 0 aliphatic rings. The molecule has 0 aliphatic heterocycles. The largest absolute Gasteiger partial charge is 0.493 e. The van der Waals surface area contributed by atoms with Crippen molar-refractivity contribution < 1.29 is 19.0 Å². The number of nitrogens with zero attached hydrogens (tertiary/aromatic N) is 2. The summed E-state index contributed by atoms with van der Waals surface area (Å²) in [5.41, 5.74) is 2.63. The fourth-order valence-corrected chi connectivity index (χ4v) is 4.41. The smallest absolute Gasteiger partial charge is 0.241 e. The van der Waals surface area contributed by atoms with Crippen molar-refractivity contribution in [2.24, 2.45) is 5.92 Å². The number of nitrogens with one attached hydrogen (secondary N) is 1. The van der Waals surface area contributed by atoms with Crippen LogP contribution in [-0.4, -0.2) is 43.1 Å². The lowest BCUT2D eigenvalue weighted by molar-refractivity contribution is -0.121. The maximum absolute atomic E-state index is 13.3. The molecule has 3 aromatic carbocycles. The first-order valence-corrected chi connectivity index (χ1v) is 12.7. The Balaban J connectivity index is 1.47. The average Bonchev–Trinajstić information content (AvgIpc) is 2.92. The molecule has 0 saturated carbocycles. The summed E-state index contributed by atoms with van der Waals surface area (Å²) in [6.07, 6.45) is 2.46. The summed E-state index contributed by atoms with van der Waals surface area (Å²) < 4.78 is 17.0. The van der Waals surface area contributed by atoms with Crippen LogP contribution in [0.4, 0.5) is 5.69 Å². The lowest BCUT2D eigenvalue weighted by Crippen LogP contribution is -2.42. The number of aromatic nitrogens is 1. The molecule has 0 spiro atoms. The topological polar surface area (TPSA) is 72.9 Å². The van der Waals surface area contributed by atoms with Crippen molar-refractivity contribution in [1.82, 2.24) is 9.88 Å². The van der Waals surface area contributed by atoms with Gasteiger partial charge in [0.2, 0.25) is 5.91 Å². The van der Waals surface area contributed by atoms with E-state index in [-0.39, 0.29) is 11.9 Å². The van der Waals surface area contributed by atoms with Gasteiger partial charge in [-0.1, -0.05) is 44.2 Å². The van der Waals surface area contributed by atoms with Crippen LogP contribution in [0.15, 0.2) is 79.0 Å². The lowest BCUT2D eigenvalue weighted by Gasteiger charge is -2.28. The number of carbonyl (C=O) groups excluding carboxylic acids is 1. The van der Waals surface area contributed by atoms with Gasteiger partial charge in [-0.05, 0) is 61.3 Å². The van der Waals surface area contributed by atoms with Gasteiger partial charge in [-0.25, -0.2) is 0 Å². The van der Waals surface area contributed by atoms with Crippen molar-refractivity contribution in [2.45, 2.75) is 32.9 Å². The van der Waals surface area contributed by atoms with Crippen LogP contribution < -0.4 is 19.5 Å². The highest BCUT2D eigenvalue weighted by atomic mass is 16.5.